The summed E-state index contributed by atoms with van der Waals surface area (Å²) in [5.74, 6) is -0.931. The average molecular weight is 233 g/mol. The fourth-order valence-electron chi connectivity index (χ4n) is 1.78. The van der Waals surface area contributed by atoms with E-state index in [9.17, 15) is 8.78 Å². The third-order valence-electron chi connectivity index (χ3n) is 2.66. The standard InChI is InChI=1S/C14H13F2N/c15-11-6-7-13(16)12(9-11)14(17)8-10-4-2-1-3-5-10/h1-7,9,14H,8,17H2. The predicted molar refractivity (Wildman–Crippen MR) is 63.4 cm³/mol. The Bertz CT molecular complexity index is 497. The van der Waals surface area contributed by atoms with Crippen LogP contribution in [0.15, 0.2) is 48.5 Å². The number of halogens is 2. The zero-order chi connectivity index (χ0) is 12.3. The van der Waals surface area contributed by atoms with Crippen molar-refractivity contribution in [1.29, 1.82) is 0 Å². The number of hydrogen-bond donors (Lipinski definition) is 1. The highest BCUT2D eigenvalue weighted by Gasteiger charge is 2.12. The smallest absolute Gasteiger partial charge is 0.128 e. The molecule has 1 nitrogen and oxygen atoms in total. The topological polar surface area (TPSA) is 26.0 Å². The lowest BCUT2D eigenvalue weighted by atomic mass is 9.99. The predicted octanol–water partition coefficient (Wildman–Crippen LogP) is 3.21. The van der Waals surface area contributed by atoms with Gasteiger partial charge in [-0.25, -0.2) is 8.78 Å². The minimum atomic E-state index is -0.534. The van der Waals surface area contributed by atoms with E-state index in [1.165, 1.54) is 0 Å². The van der Waals surface area contributed by atoms with Crippen LogP contribution < -0.4 is 5.73 Å². The van der Waals surface area contributed by atoms with Gasteiger partial charge in [-0.15, -0.1) is 0 Å². The monoisotopic (exact) mass is 233 g/mol. The van der Waals surface area contributed by atoms with E-state index in [2.05, 4.69) is 0 Å². The van der Waals surface area contributed by atoms with Crippen molar-refractivity contribution in [2.24, 2.45) is 5.73 Å². The molecule has 3 heteroatoms. The Balaban J connectivity index is 2.20. The molecule has 0 aliphatic heterocycles. The molecule has 0 spiro atoms. The summed E-state index contributed by atoms with van der Waals surface area (Å²) in [4.78, 5) is 0. The highest BCUT2D eigenvalue weighted by atomic mass is 19.1. The number of hydrogen-bond acceptors (Lipinski definition) is 1. The van der Waals surface area contributed by atoms with Crippen molar-refractivity contribution < 1.29 is 8.78 Å². The lowest BCUT2D eigenvalue weighted by Crippen LogP contribution is -2.15. The minimum Gasteiger partial charge on any atom is -0.324 e. The van der Waals surface area contributed by atoms with Crippen molar-refractivity contribution in [3.05, 3.63) is 71.3 Å². The normalized spacial score (nSPS) is 12.4. The largest absolute Gasteiger partial charge is 0.324 e. The fraction of sp³-hybridized carbons (Fsp3) is 0.143. The first-order chi connectivity index (χ1) is 8.16. The Hall–Kier alpha value is -1.74. The maximum atomic E-state index is 13.5. The molecule has 0 amide bonds. The van der Waals surface area contributed by atoms with Gasteiger partial charge in [-0.05, 0) is 30.2 Å². The molecule has 2 rings (SSSR count). The van der Waals surface area contributed by atoms with E-state index in [1.807, 2.05) is 30.3 Å². The van der Waals surface area contributed by atoms with Gasteiger partial charge in [-0.1, -0.05) is 30.3 Å². The van der Waals surface area contributed by atoms with Crippen LogP contribution >= 0.6 is 0 Å². The minimum absolute atomic E-state index is 0.217. The van der Waals surface area contributed by atoms with Crippen LogP contribution in [-0.4, -0.2) is 0 Å². The van der Waals surface area contributed by atoms with Gasteiger partial charge in [0.05, 0.1) is 0 Å². The molecule has 2 aromatic rings. The summed E-state index contributed by atoms with van der Waals surface area (Å²) in [6.45, 7) is 0. The lowest BCUT2D eigenvalue weighted by molar-refractivity contribution is 0.561. The van der Waals surface area contributed by atoms with Gasteiger partial charge >= 0.3 is 0 Å². The second-order valence-corrected chi connectivity index (χ2v) is 3.96. The first-order valence-electron chi connectivity index (χ1n) is 5.41. The van der Waals surface area contributed by atoms with Crippen molar-refractivity contribution in [2.45, 2.75) is 12.5 Å². The third-order valence-corrected chi connectivity index (χ3v) is 2.66. The molecule has 0 heterocycles. The Kier molecular flexibility index (Phi) is 3.49. The van der Waals surface area contributed by atoms with Gasteiger partial charge in [0, 0.05) is 11.6 Å². The maximum Gasteiger partial charge on any atom is 0.128 e. The lowest BCUT2D eigenvalue weighted by Gasteiger charge is -2.13. The Morgan fingerprint density at radius 3 is 2.41 bits per heavy atom. The van der Waals surface area contributed by atoms with Crippen LogP contribution in [0.1, 0.15) is 17.2 Å². The molecule has 0 saturated heterocycles. The molecule has 1 unspecified atom stereocenters. The highest BCUT2D eigenvalue weighted by molar-refractivity contribution is 5.25. The van der Waals surface area contributed by atoms with Crippen molar-refractivity contribution in [2.75, 3.05) is 0 Å². The van der Waals surface area contributed by atoms with Crippen LogP contribution in [-0.2, 0) is 6.42 Å². The van der Waals surface area contributed by atoms with E-state index in [1.54, 1.807) is 0 Å². The van der Waals surface area contributed by atoms with Gasteiger partial charge in [0.1, 0.15) is 11.6 Å². The van der Waals surface area contributed by atoms with Gasteiger partial charge in [-0.2, -0.15) is 0 Å². The summed E-state index contributed by atoms with van der Waals surface area (Å²) in [7, 11) is 0. The summed E-state index contributed by atoms with van der Waals surface area (Å²) >= 11 is 0. The van der Waals surface area contributed by atoms with Gasteiger partial charge in [0.2, 0.25) is 0 Å². The van der Waals surface area contributed by atoms with E-state index in [0.29, 0.717) is 6.42 Å². The third kappa shape index (κ3) is 2.88. The van der Waals surface area contributed by atoms with Gasteiger partial charge < -0.3 is 5.73 Å². The molecule has 2 N–H and O–H groups in total. The SMILES string of the molecule is NC(Cc1ccccc1)c1cc(F)ccc1F. The molecule has 0 saturated carbocycles. The quantitative estimate of drug-likeness (QED) is 0.865. The molecule has 2 aromatic carbocycles. The van der Waals surface area contributed by atoms with Crippen LogP contribution in [0.25, 0.3) is 0 Å². The molecule has 0 bridgehead atoms. The molecule has 1 atom stereocenters. The summed E-state index contributed by atoms with van der Waals surface area (Å²) in [6, 6.07) is 12.3. The molecule has 0 fully saturated rings. The second-order valence-electron chi connectivity index (χ2n) is 3.96. The molecule has 0 radical (unpaired) electrons. The molecular weight excluding hydrogens is 220 g/mol. The molecule has 17 heavy (non-hydrogen) atoms. The average Bonchev–Trinajstić information content (AvgIpc) is 2.33. The zero-order valence-electron chi connectivity index (χ0n) is 9.24. The van der Waals surface area contributed by atoms with E-state index in [4.69, 9.17) is 5.73 Å². The van der Waals surface area contributed by atoms with E-state index in [0.717, 1.165) is 23.8 Å². The van der Waals surface area contributed by atoms with Crippen LogP contribution in [0.2, 0.25) is 0 Å². The van der Waals surface area contributed by atoms with E-state index < -0.39 is 17.7 Å². The highest BCUT2D eigenvalue weighted by Crippen LogP contribution is 2.20. The summed E-state index contributed by atoms with van der Waals surface area (Å²) in [5.41, 5.74) is 7.11. The van der Waals surface area contributed by atoms with Crippen molar-refractivity contribution in [3.63, 3.8) is 0 Å². The van der Waals surface area contributed by atoms with Gasteiger partial charge in [-0.3, -0.25) is 0 Å². The maximum absolute atomic E-state index is 13.5. The Morgan fingerprint density at radius 1 is 1.00 bits per heavy atom. The first-order valence-corrected chi connectivity index (χ1v) is 5.41. The summed E-state index contributed by atoms with van der Waals surface area (Å²) in [5, 5.41) is 0. The number of nitrogens with two attached hydrogens (primary N) is 1. The second kappa shape index (κ2) is 5.06. The van der Waals surface area contributed by atoms with E-state index in [-0.39, 0.29) is 5.56 Å². The molecule has 0 aromatic heterocycles. The first kappa shape index (κ1) is 11.7. The fourth-order valence-corrected chi connectivity index (χ4v) is 1.78. The van der Waals surface area contributed by atoms with Gasteiger partial charge in [0.25, 0.3) is 0 Å². The van der Waals surface area contributed by atoms with Crippen LogP contribution in [0.3, 0.4) is 0 Å². The van der Waals surface area contributed by atoms with Crippen molar-refractivity contribution in [1.82, 2.24) is 0 Å². The van der Waals surface area contributed by atoms with Crippen LogP contribution in [0, 0.1) is 11.6 Å². The molecule has 0 aliphatic carbocycles. The van der Waals surface area contributed by atoms with Crippen LogP contribution in [0.4, 0.5) is 8.78 Å². The van der Waals surface area contributed by atoms with Crippen molar-refractivity contribution in [3.8, 4) is 0 Å². The summed E-state index contributed by atoms with van der Waals surface area (Å²) in [6.07, 6.45) is 0.487. The van der Waals surface area contributed by atoms with Crippen molar-refractivity contribution >= 4 is 0 Å². The Labute approximate surface area is 98.9 Å². The van der Waals surface area contributed by atoms with Gasteiger partial charge in [0.15, 0.2) is 0 Å². The number of rotatable bonds is 3. The number of benzene rings is 2. The molecule has 88 valence electrons. The summed E-state index contributed by atoms with van der Waals surface area (Å²) < 4.78 is 26.5. The molecule has 0 aliphatic rings. The zero-order valence-corrected chi connectivity index (χ0v) is 9.24. The molecular formula is C14H13F2N. The Morgan fingerprint density at radius 2 is 1.71 bits per heavy atom. The van der Waals surface area contributed by atoms with Crippen LogP contribution in [0.5, 0.6) is 0 Å². The van der Waals surface area contributed by atoms with E-state index >= 15 is 0 Å².